The number of hydrogen-bond acceptors (Lipinski definition) is 7. The Morgan fingerprint density at radius 3 is 2.20 bits per heavy atom. The molecule has 2 aliphatic rings. The highest BCUT2D eigenvalue weighted by Gasteiger charge is 2.33. The third-order valence-corrected chi connectivity index (χ3v) is 7.15. The maximum Gasteiger partial charge on any atom is 0.249 e. The number of piperazine rings is 1. The van der Waals surface area contributed by atoms with E-state index in [2.05, 4.69) is 14.9 Å². The first-order chi connectivity index (χ1) is 14.4. The van der Waals surface area contributed by atoms with Gasteiger partial charge in [0.2, 0.25) is 16.0 Å². The second-order valence-corrected chi connectivity index (χ2v) is 9.08. The fraction of sp³-hybridized carbons (Fsp3) is 0.474. The Kier molecular flexibility index (Phi) is 5.85. The third-order valence-electron chi connectivity index (χ3n) is 5.20. The van der Waals surface area contributed by atoms with Gasteiger partial charge in [0.25, 0.3) is 0 Å². The Hall–Kier alpha value is -2.37. The van der Waals surface area contributed by atoms with Crippen molar-refractivity contribution in [1.82, 2.24) is 14.3 Å². The molecule has 0 atom stereocenters. The summed E-state index contributed by atoms with van der Waals surface area (Å²) in [4.78, 5) is 12.3. The van der Waals surface area contributed by atoms with Crippen LogP contribution in [0.1, 0.15) is 5.69 Å². The van der Waals surface area contributed by atoms with E-state index in [0.29, 0.717) is 32.3 Å². The number of sulfonamides is 1. The number of nitrogens with zero attached hydrogens (tertiary/aromatic N) is 5. The average molecular weight is 439 g/mol. The van der Waals surface area contributed by atoms with Crippen LogP contribution in [-0.4, -0.2) is 75.2 Å². The Morgan fingerprint density at radius 1 is 0.933 bits per heavy atom. The van der Waals surface area contributed by atoms with Gasteiger partial charge in [-0.1, -0.05) is 6.07 Å². The van der Waals surface area contributed by atoms with Crippen molar-refractivity contribution >= 4 is 21.8 Å². The van der Waals surface area contributed by atoms with Crippen molar-refractivity contribution in [3.8, 4) is 0 Å². The molecule has 2 aromatic rings. The topological polar surface area (TPSA) is 78.9 Å². The first-order valence-corrected chi connectivity index (χ1v) is 11.2. The predicted molar refractivity (Wildman–Crippen MR) is 107 cm³/mol. The van der Waals surface area contributed by atoms with Crippen molar-refractivity contribution in [2.45, 2.75) is 11.8 Å². The van der Waals surface area contributed by atoms with E-state index in [-0.39, 0.29) is 13.1 Å². The molecule has 2 fully saturated rings. The molecule has 11 heteroatoms. The van der Waals surface area contributed by atoms with Crippen molar-refractivity contribution in [2.75, 3.05) is 62.3 Å². The van der Waals surface area contributed by atoms with Crippen molar-refractivity contribution < 1.29 is 21.9 Å². The molecule has 162 valence electrons. The zero-order valence-electron chi connectivity index (χ0n) is 16.6. The molecule has 0 unspecified atom stereocenters. The summed E-state index contributed by atoms with van der Waals surface area (Å²) in [5, 5.41) is 0. The molecule has 8 nitrogen and oxygen atoms in total. The average Bonchev–Trinajstić information content (AvgIpc) is 2.74. The third kappa shape index (κ3) is 4.09. The van der Waals surface area contributed by atoms with E-state index >= 15 is 0 Å². The van der Waals surface area contributed by atoms with E-state index in [0.717, 1.165) is 47.1 Å². The molecule has 0 bridgehead atoms. The lowest BCUT2D eigenvalue weighted by atomic mass is 10.3. The molecule has 0 aliphatic carbocycles. The lowest BCUT2D eigenvalue weighted by molar-refractivity contribution is 0.122. The van der Waals surface area contributed by atoms with Crippen molar-refractivity contribution in [3.63, 3.8) is 0 Å². The molecule has 3 heterocycles. The number of halogens is 2. The molecular weight excluding hydrogens is 416 g/mol. The number of ether oxygens (including phenoxy) is 1. The van der Waals surface area contributed by atoms with E-state index in [1.807, 2.05) is 17.9 Å². The van der Waals surface area contributed by atoms with Gasteiger partial charge in [0, 0.05) is 51.0 Å². The van der Waals surface area contributed by atoms with Crippen LogP contribution in [-0.2, 0) is 14.8 Å². The quantitative estimate of drug-likeness (QED) is 0.713. The maximum atomic E-state index is 14.0. The second kappa shape index (κ2) is 8.40. The Balaban J connectivity index is 1.50. The number of morpholine rings is 1. The minimum atomic E-state index is -4.27. The highest BCUT2D eigenvalue weighted by Crippen LogP contribution is 2.25. The van der Waals surface area contributed by atoms with E-state index in [1.54, 1.807) is 0 Å². The van der Waals surface area contributed by atoms with Crippen molar-refractivity contribution in [3.05, 3.63) is 41.6 Å². The minimum absolute atomic E-state index is 0.0836. The molecule has 0 saturated carbocycles. The summed E-state index contributed by atoms with van der Waals surface area (Å²) in [7, 11) is -4.27. The molecule has 2 saturated heterocycles. The van der Waals surface area contributed by atoms with Crippen LogP contribution in [0.25, 0.3) is 0 Å². The molecule has 1 aromatic carbocycles. The second-order valence-electron chi connectivity index (χ2n) is 7.21. The summed E-state index contributed by atoms with van der Waals surface area (Å²) in [5.74, 6) is -0.848. The Morgan fingerprint density at radius 2 is 1.57 bits per heavy atom. The summed E-state index contributed by atoms with van der Waals surface area (Å²) in [6.07, 6.45) is 0. The molecule has 0 spiro atoms. The van der Waals surface area contributed by atoms with Gasteiger partial charge in [-0.25, -0.2) is 22.2 Å². The van der Waals surface area contributed by atoms with Crippen LogP contribution in [0.5, 0.6) is 0 Å². The standard InChI is InChI=1S/C19H23F2N5O3S/c1-14-13-17(24-9-11-29-12-10-24)23-19(22-14)25-5-7-26(8-6-25)30(27,28)18-15(20)3-2-4-16(18)21/h2-4,13H,5-12H2,1H3. The van der Waals surface area contributed by atoms with Gasteiger partial charge in [-0.2, -0.15) is 9.29 Å². The molecule has 30 heavy (non-hydrogen) atoms. The van der Waals surface area contributed by atoms with Gasteiger partial charge in [0.15, 0.2) is 4.90 Å². The highest BCUT2D eigenvalue weighted by molar-refractivity contribution is 7.89. The van der Waals surface area contributed by atoms with Crippen LogP contribution in [0.3, 0.4) is 0 Å². The highest BCUT2D eigenvalue weighted by atomic mass is 32.2. The fourth-order valence-electron chi connectivity index (χ4n) is 3.62. The number of benzene rings is 1. The molecule has 0 amide bonds. The van der Waals surface area contributed by atoms with Crippen LogP contribution in [0.4, 0.5) is 20.5 Å². The Bertz CT molecular complexity index is 1000. The molecule has 0 N–H and O–H groups in total. The molecule has 4 rings (SSSR count). The van der Waals surface area contributed by atoms with Gasteiger partial charge in [-0.05, 0) is 19.1 Å². The normalized spacial score (nSPS) is 18.6. The monoisotopic (exact) mass is 439 g/mol. The summed E-state index contributed by atoms with van der Waals surface area (Å²) in [6.45, 7) is 5.47. The van der Waals surface area contributed by atoms with Gasteiger partial charge in [-0.3, -0.25) is 0 Å². The summed E-state index contributed by atoms with van der Waals surface area (Å²) in [6, 6.07) is 4.94. The van der Waals surface area contributed by atoms with Crippen LogP contribution in [0, 0.1) is 18.6 Å². The molecule has 2 aliphatic heterocycles. The van der Waals surface area contributed by atoms with Gasteiger partial charge in [-0.15, -0.1) is 0 Å². The largest absolute Gasteiger partial charge is 0.378 e. The van der Waals surface area contributed by atoms with Crippen LogP contribution < -0.4 is 9.80 Å². The number of aryl methyl sites for hydroxylation is 1. The number of hydrogen-bond donors (Lipinski definition) is 0. The smallest absolute Gasteiger partial charge is 0.249 e. The zero-order valence-corrected chi connectivity index (χ0v) is 17.4. The number of aromatic nitrogens is 2. The maximum absolute atomic E-state index is 14.0. The van der Waals surface area contributed by atoms with Gasteiger partial charge in [0.1, 0.15) is 17.5 Å². The van der Waals surface area contributed by atoms with Crippen molar-refractivity contribution in [1.29, 1.82) is 0 Å². The zero-order chi connectivity index (χ0) is 21.3. The predicted octanol–water partition coefficient (Wildman–Crippen LogP) is 1.41. The Labute approximate surface area is 174 Å². The van der Waals surface area contributed by atoms with Gasteiger partial charge >= 0.3 is 0 Å². The molecular formula is C19H23F2N5O3S. The van der Waals surface area contributed by atoms with E-state index in [1.165, 1.54) is 0 Å². The van der Waals surface area contributed by atoms with Gasteiger partial charge in [0.05, 0.1) is 13.2 Å². The first kappa shape index (κ1) is 20.9. The lowest BCUT2D eigenvalue weighted by Crippen LogP contribution is -2.49. The number of rotatable bonds is 4. The van der Waals surface area contributed by atoms with Gasteiger partial charge < -0.3 is 14.5 Å². The van der Waals surface area contributed by atoms with Crippen LogP contribution >= 0.6 is 0 Å². The first-order valence-electron chi connectivity index (χ1n) is 9.74. The molecule has 1 aromatic heterocycles. The van der Waals surface area contributed by atoms with E-state index in [9.17, 15) is 17.2 Å². The SMILES string of the molecule is Cc1cc(N2CCOCC2)nc(N2CCN(S(=O)(=O)c3c(F)cccc3F)CC2)n1. The lowest BCUT2D eigenvalue weighted by Gasteiger charge is -2.35. The summed E-state index contributed by atoms with van der Waals surface area (Å²) >= 11 is 0. The van der Waals surface area contributed by atoms with Crippen LogP contribution in [0.2, 0.25) is 0 Å². The summed E-state index contributed by atoms with van der Waals surface area (Å²) in [5.41, 5.74) is 0.810. The van der Waals surface area contributed by atoms with E-state index < -0.39 is 26.6 Å². The number of anilines is 2. The van der Waals surface area contributed by atoms with E-state index in [4.69, 9.17) is 4.74 Å². The fourth-order valence-corrected chi connectivity index (χ4v) is 5.15. The van der Waals surface area contributed by atoms with Crippen molar-refractivity contribution in [2.24, 2.45) is 0 Å². The minimum Gasteiger partial charge on any atom is -0.378 e. The summed E-state index contributed by atoms with van der Waals surface area (Å²) < 4.78 is 60.1. The molecule has 0 radical (unpaired) electrons. The van der Waals surface area contributed by atoms with Crippen LogP contribution in [0.15, 0.2) is 29.2 Å².